The van der Waals surface area contributed by atoms with E-state index in [9.17, 15) is 13.2 Å². The summed E-state index contributed by atoms with van der Waals surface area (Å²) in [5.74, 6) is 0. The Morgan fingerprint density at radius 1 is 0.681 bits per heavy atom. The van der Waals surface area contributed by atoms with Crippen molar-refractivity contribution in [2.24, 2.45) is 0 Å². The van der Waals surface area contributed by atoms with Crippen LogP contribution in [-0.4, -0.2) is 3.21 Å². The average molecular weight is 753 g/mol. The van der Waals surface area contributed by atoms with Crippen molar-refractivity contribution in [1.29, 1.82) is 0 Å². The number of hydrogen-bond donors (Lipinski definition) is 0. The molecule has 0 unspecified atom stereocenters. The summed E-state index contributed by atoms with van der Waals surface area (Å²) in [6.45, 7) is 15.6. The molecule has 47 heavy (non-hydrogen) atoms. The van der Waals surface area contributed by atoms with E-state index in [4.69, 9.17) is 0 Å². The predicted octanol–water partition coefficient (Wildman–Crippen LogP) is 4.54. The number of halogens is 5. The van der Waals surface area contributed by atoms with E-state index in [1.165, 1.54) is 52.1 Å². The molecule has 0 amide bonds. The fourth-order valence-electron chi connectivity index (χ4n) is 6.52. The Morgan fingerprint density at radius 3 is 1.94 bits per heavy atom. The van der Waals surface area contributed by atoms with E-state index >= 15 is 0 Å². The van der Waals surface area contributed by atoms with Crippen LogP contribution in [0.5, 0.6) is 0 Å². The van der Waals surface area contributed by atoms with Crippen LogP contribution in [0.4, 0.5) is 13.2 Å². The molecule has 0 saturated heterocycles. The number of allylic oxidation sites excluding steroid dienone is 4. The van der Waals surface area contributed by atoms with Crippen LogP contribution in [0.1, 0.15) is 92.5 Å². The van der Waals surface area contributed by atoms with Gasteiger partial charge in [-0.2, -0.15) is 0 Å². The maximum absolute atomic E-state index is 14.1. The van der Waals surface area contributed by atoms with Gasteiger partial charge in [0.2, 0.25) is 0 Å². The van der Waals surface area contributed by atoms with Crippen LogP contribution in [-0.2, 0) is 44.7 Å². The topological polar surface area (TPSA) is 0 Å². The third kappa shape index (κ3) is 7.56. The number of fused-ring (bicyclic) bond motifs is 3. The van der Waals surface area contributed by atoms with Crippen LogP contribution in [0.2, 0.25) is 0 Å². The molecule has 2 aliphatic carbocycles. The SMILES string of the molecule is Cc1ccc(/[C](c2cccc(C(F)(F)F)c2)=[Zr+2](\[C]2=CC=CC2)[c]2cc(C(C)(C)C)cc3c2Cc2ccc(C(C)(C)C)cc2-3)cc1.[Cl-].[Cl-]. The molecule has 0 fully saturated rings. The number of alkyl halides is 3. The molecule has 0 spiro atoms. The number of benzene rings is 4. The van der Waals surface area contributed by atoms with Gasteiger partial charge < -0.3 is 24.8 Å². The molecule has 0 atom stereocenters. The summed E-state index contributed by atoms with van der Waals surface area (Å²) < 4.78 is 46.3. The maximum atomic E-state index is 14.1. The van der Waals surface area contributed by atoms with Gasteiger partial charge in [-0.05, 0) is 0 Å². The number of rotatable bonds is 4. The molecule has 0 radical (unpaired) electrons. The van der Waals surface area contributed by atoms with Crippen LogP contribution in [0, 0.1) is 6.92 Å². The van der Waals surface area contributed by atoms with Crippen molar-refractivity contribution >= 4 is 6.48 Å². The maximum Gasteiger partial charge on any atom is -1.00 e. The van der Waals surface area contributed by atoms with Gasteiger partial charge >= 0.3 is 275 Å². The minimum absolute atomic E-state index is 0. The molecule has 0 heterocycles. The molecule has 0 saturated carbocycles. The standard InChI is InChI=1S/C21H25.C15H11F3.C5H5.2ClH.Zr/c1-20(2,3)16-9-7-14-11-15-8-10-17(21(4,5)6)13-19(15)18(14)12-16;1-11-5-7-12(8-6-11)9-13-3-2-4-14(10-13)15(16,17)18;1-2-4-5-3-1;;;/h7,9-10,12-13H,11H2,1-6H3;2-8,10H,1H3;1-3H,4H2;2*1H;/q;;;;;+2/p-2. The first-order valence-corrected chi connectivity index (χ1v) is 19.5. The molecule has 0 N–H and O–H groups in total. The van der Waals surface area contributed by atoms with Crippen molar-refractivity contribution in [3.05, 3.63) is 145 Å². The van der Waals surface area contributed by atoms with E-state index in [-0.39, 0.29) is 35.6 Å². The van der Waals surface area contributed by atoms with Gasteiger partial charge in [-0.25, -0.2) is 0 Å². The Kier molecular flexibility index (Phi) is 10.9. The van der Waals surface area contributed by atoms with Gasteiger partial charge in [-0.1, -0.05) is 0 Å². The van der Waals surface area contributed by atoms with Gasteiger partial charge in [0.25, 0.3) is 0 Å². The third-order valence-electron chi connectivity index (χ3n) is 9.18. The minimum atomic E-state index is -4.41. The summed E-state index contributed by atoms with van der Waals surface area (Å²) in [5.41, 5.74) is 10.1. The van der Waals surface area contributed by atoms with Crippen LogP contribution >= 0.6 is 0 Å². The summed E-state index contributed by atoms with van der Waals surface area (Å²) in [7, 11) is 0. The summed E-state index contributed by atoms with van der Waals surface area (Å²) >= 11 is -3.13. The predicted molar refractivity (Wildman–Crippen MR) is 179 cm³/mol. The van der Waals surface area contributed by atoms with Gasteiger partial charge in [0.15, 0.2) is 0 Å². The Balaban J connectivity index is 0.00000250. The molecule has 244 valence electrons. The second-order valence-corrected chi connectivity index (χ2v) is 20.6. The van der Waals surface area contributed by atoms with Crippen LogP contribution < -0.4 is 28.1 Å². The largest absolute Gasteiger partial charge is 1.00 e. The van der Waals surface area contributed by atoms with Crippen molar-refractivity contribution in [2.75, 3.05) is 0 Å². The number of aryl methyl sites for hydroxylation is 1. The van der Waals surface area contributed by atoms with E-state index in [2.05, 4.69) is 121 Å². The Labute approximate surface area is 298 Å². The van der Waals surface area contributed by atoms with Crippen molar-refractivity contribution in [2.45, 2.75) is 78.3 Å². The van der Waals surface area contributed by atoms with E-state index in [0.29, 0.717) is 5.56 Å². The van der Waals surface area contributed by atoms with Crippen LogP contribution in [0.3, 0.4) is 0 Å². The van der Waals surface area contributed by atoms with E-state index < -0.39 is 33.0 Å². The Morgan fingerprint density at radius 2 is 1.34 bits per heavy atom. The van der Waals surface area contributed by atoms with E-state index in [1.54, 1.807) is 6.07 Å². The molecule has 0 aromatic heterocycles. The normalized spacial score (nSPS) is 14.1. The summed E-state index contributed by atoms with van der Waals surface area (Å²) in [6, 6.07) is 26.2. The molecule has 6 rings (SSSR count). The molecule has 4 aromatic rings. The first kappa shape index (κ1) is 37.3. The zero-order valence-electron chi connectivity index (χ0n) is 28.0. The smallest absolute Gasteiger partial charge is 1.00 e. The summed E-state index contributed by atoms with van der Waals surface area (Å²) in [6.07, 6.45) is 3.88. The fourth-order valence-corrected chi connectivity index (χ4v) is 14.5. The van der Waals surface area contributed by atoms with Gasteiger partial charge in [0.1, 0.15) is 0 Å². The van der Waals surface area contributed by atoms with Gasteiger partial charge in [0, 0.05) is 0 Å². The fraction of sp³-hybridized carbons (Fsp3) is 0.293. The zero-order chi connectivity index (χ0) is 32.3. The first-order valence-electron chi connectivity index (χ1n) is 15.8. The second kappa shape index (κ2) is 13.8. The molecule has 0 nitrogen and oxygen atoms in total. The summed E-state index contributed by atoms with van der Waals surface area (Å²) in [5, 5.41) is 0. The van der Waals surface area contributed by atoms with Gasteiger partial charge in [-0.15, -0.1) is 0 Å². The number of hydrogen-bond acceptors (Lipinski definition) is 0. The van der Waals surface area contributed by atoms with E-state index in [0.717, 1.165) is 27.2 Å². The van der Waals surface area contributed by atoms with Crippen molar-refractivity contribution in [3.63, 3.8) is 0 Å². The summed E-state index contributed by atoms with van der Waals surface area (Å²) in [4.78, 5) is 0. The molecule has 6 heteroatoms. The van der Waals surface area contributed by atoms with Gasteiger partial charge in [-0.3, -0.25) is 0 Å². The first-order chi connectivity index (χ1) is 21.1. The van der Waals surface area contributed by atoms with Crippen molar-refractivity contribution in [3.8, 4) is 11.1 Å². The average Bonchev–Trinajstić information content (AvgIpc) is 3.63. The van der Waals surface area contributed by atoms with Crippen LogP contribution in [0.25, 0.3) is 11.1 Å². The van der Waals surface area contributed by atoms with Gasteiger partial charge in [0.05, 0.1) is 0 Å². The molecule has 2 aliphatic rings. The Hall–Kier alpha value is -2.52. The Bertz CT molecular complexity index is 1900. The molecular formula is C41H41Cl2F3Zr. The molecule has 0 aliphatic heterocycles. The van der Waals surface area contributed by atoms with Crippen LogP contribution in [0.15, 0.2) is 100 Å². The second-order valence-electron chi connectivity index (χ2n) is 14.6. The quantitative estimate of drug-likeness (QED) is 0.253. The minimum Gasteiger partial charge on any atom is -1.00 e. The third-order valence-corrected chi connectivity index (χ3v) is 16.7. The molecule has 4 aromatic carbocycles. The van der Waals surface area contributed by atoms with Crippen molar-refractivity contribution in [1.82, 2.24) is 0 Å². The monoisotopic (exact) mass is 750 g/mol. The molecular weight excluding hydrogens is 712 g/mol. The van der Waals surface area contributed by atoms with E-state index in [1.807, 2.05) is 6.07 Å². The zero-order valence-corrected chi connectivity index (χ0v) is 32.0. The van der Waals surface area contributed by atoms with Crippen molar-refractivity contribution < 1.29 is 59.3 Å². The molecule has 0 bridgehead atoms.